The fourth-order valence-electron chi connectivity index (χ4n) is 1.03. The summed E-state index contributed by atoms with van der Waals surface area (Å²) in [6, 6.07) is 1.58. The lowest BCUT2D eigenvalue weighted by molar-refractivity contribution is 0.0692. The Bertz CT molecular complexity index is 528. The first kappa shape index (κ1) is 7.93. The third-order valence-electron chi connectivity index (χ3n) is 1.60. The maximum absolute atomic E-state index is 11.1. The molecule has 0 bridgehead atoms. The molecule has 0 unspecified atom stereocenters. The Labute approximate surface area is 75.6 Å². The van der Waals surface area contributed by atoms with E-state index in [4.69, 9.17) is 5.11 Å². The molecule has 0 atom stereocenters. The number of H-pyrrole nitrogens is 1. The number of carboxylic acids is 1. The van der Waals surface area contributed by atoms with E-state index in [2.05, 4.69) is 10.2 Å². The summed E-state index contributed by atoms with van der Waals surface area (Å²) < 4.78 is 0.413. The summed E-state index contributed by atoms with van der Waals surface area (Å²) >= 11 is 1.19. The van der Waals surface area contributed by atoms with Crippen LogP contribution in [-0.4, -0.2) is 21.3 Å². The number of nitrogens with zero attached hydrogens (tertiary/aromatic N) is 1. The molecule has 0 aliphatic rings. The number of rotatable bonds is 1. The molecule has 6 heteroatoms. The molecule has 0 spiro atoms. The third kappa shape index (κ3) is 1.11. The van der Waals surface area contributed by atoms with Crippen LogP contribution in [0.15, 0.2) is 16.2 Å². The van der Waals surface area contributed by atoms with Crippen LogP contribution >= 0.6 is 11.3 Å². The molecule has 2 heterocycles. The van der Waals surface area contributed by atoms with Crippen molar-refractivity contribution in [1.29, 1.82) is 0 Å². The zero-order valence-corrected chi connectivity index (χ0v) is 7.09. The molecular weight excluding hydrogens is 192 g/mol. The van der Waals surface area contributed by atoms with Gasteiger partial charge in [-0.1, -0.05) is 0 Å². The molecule has 13 heavy (non-hydrogen) atoms. The SMILES string of the molecule is O=C(O)c1n[nH]c(=O)c2ccsc12. The van der Waals surface area contributed by atoms with Gasteiger partial charge in [-0.15, -0.1) is 11.3 Å². The van der Waals surface area contributed by atoms with Crippen molar-refractivity contribution < 1.29 is 9.90 Å². The lowest BCUT2D eigenvalue weighted by atomic mass is 10.3. The van der Waals surface area contributed by atoms with Crippen LogP contribution in [0, 0.1) is 0 Å². The summed E-state index contributed by atoms with van der Waals surface area (Å²) in [4.78, 5) is 21.8. The molecule has 0 aliphatic carbocycles. The molecule has 5 nitrogen and oxygen atoms in total. The molecule has 0 saturated carbocycles. The van der Waals surface area contributed by atoms with Crippen LogP contribution in [-0.2, 0) is 0 Å². The predicted molar refractivity (Wildman–Crippen MR) is 47.2 cm³/mol. The van der Waals surface area contributed by atoms with Crippen LogP contribution < -0.4 is 5.56 Å². The monoisotopic (exact) mass is 196 g/mol. The van der Waals surface area contributed by atoms with Gasteiger partial charge in [0.25, 0.3) is 5.56 Å². The highest BCUT2D eigenvalue weighted by atomic mass is 32.1. The highest BCUT2D eigenvalue weighted by Crippen LogP contribution is 2.19. The van der Waals surface area contributed by atoms with Gasteiger partial charge in [0.1, 0.15) is 0 Å². The average Bonchev–Trinajstić information content (AvgIpc) is 2.53. The third-order valence-corrected chi connectivity index (χ3v) is 2.52. The van der Waals surface area contributed by atoms with Crippen molar-refractivity contribution in [2.24, 2.45) is 0 Å². The molecule has 0 amide bonds. The van der Waals surface area contributed by atoms with Gasteiger partial charge in [-0.25, -0.2) is 9.89 Å². The second-order valence-electron chi connectivity index (χ2n) is 2.37. The van der Waals surface area contributed by atoms with E-state index < -0.39 is 5.97 Å². The highest BCUT2D eigenvalue weighted by Gasteiger charge is 2.13. The van der Waals surface area contributed by atoms with Crippen LogP contribution in [0.25, 0.3) is 10.1 Å². The zero-order valence-electron chi connectivity index (χ0n) is 6.27. The number of hydrogen-bond acceptors (Lipinski definition) is 4. The molecule has 0 radical (unpaired) electrons. The molecule has 2 aromatic heterocycles. The normalized spacial score (nSPS) is 10.5. The number of nitrogens with one attached hydrogen (secondary N) is 1. The van der Waals surface area contributed by atoms with Crippen molar-refractivity contribution >= 4 is 27.4 Å². The Morgan fingerprint density at radius 2 is 2.38 bits per heavy atom. The first-order chi connectivity index (χ1) is 6.20. The number of hydrogen-bond donors (Lipinski definition) is 2. The van der Waals surface area contributed by atoms with Gasteiger partial charge in [0.05, 0.1) is 10.1 Å². The Balaban J connectivity index is 2.94. The molecule has 0 aliphatic heterocycles. The summed E-state index contributed by atoms with van der Waals surface area (Å²) in [5, 5.41) is 16.3. The van der Waals surface area contributed by atoms with E-state index in [1.807, 2.05) is 0 Å². The van der Waals surface area contributed by atoms with E-state index >= 15 is 0 Å². The summed E-state index contributed by atoms with van der Waals surface area (Å²) in [6.45, 7) is 0. The minimum Gasteiger partial charge on any atom is -0.476 e. The van der Waals surface area contributed by atoms with Gasteiger partial charge < -0.3 is 5.11 Å². The van der Waals surface area contributed by atoms with Crippen molar-refractivity contribution in [2.45, 2.75) is 0 Å². The lowest BCUT2D eigenvalue weighted by Gasteiger charge is -1.93. The van der Waals surface area contributed by atoms with E-state index in [1.54, 1.807) is 11.4 Å². The van der Waals surface area contributed by atoms with Crippen molar-refractivity contribution in [3.8, 4) is 0 Å². The molecule has 0 fully saturated rings. The van der Waals surface area contributed by atoms with Crippen LogP contribution in [0.5, 0.6) is 0 Å². The van der Waals surface area contributed by atoms with Crippen LogP contribution in [0.3, 0.4) is 0 Å². The smallest absolute Gasteiger partial charge is 0.357 e. The number of fused-ring (bicyclic) bond motifs is 1. The van der Waals surface area contributed by atoms with Crippen molar-refractivity contribution in [1.82, 2.24) is 10.2 Å². The minimum absolute atomic E-state index is 0.107. The molecule has 0 aromatic carbocycles. The topological polar surface area (TPSA) is 83.0 Å². The molecule has 2 aromatic rings. The van der Waals surface area contributed by atoms with Crippen LogP contribution in [0.1, 0.15) is 10.5 Å². The molecule has 2 rings (SSSR count). The predicted octanol–water partition coefficient (Wildman–Crippen LogP) is 0.683. The van der Waals surface area contributed by atoms with E-state index in [0.717, 1.165) is 0 Å². The van der Waals surface area contributed by atoms with Gasteiger partial charge in [0.2, 0.25) is 0 Å². The van der Waals surface area contributed by atoms with E-state index in [9.17, 15) is 9.59 Å². The fraction of sp³-hybridized carbons (Fsp3) is 0. The van der Waals surface area contributed by atoms with Crippen LogP contribution in [0.4, 0.5) is 0 Å². The first-order valence-corrected chi connectivity index (χ1v) is 4.27. The van der Waals surface area contributed by atoms with Crippen molar-refractivity contribution in [3.05, 3.63) is 27.5 Å². The standard InChI is InChI=1S/C7H4N2O3S/c10-6-3-1-2-13-5(3)4(7(11)12)8-9-6/h1-2H,(H,9,10)(H,11,12). The maximum Gasteiger partial charge on any atom is 0.357 e. The largest absolute Gasteiger partial charge is 0.476 e. The Kier molecular flexibility index (Phi) is 1.63. The second-order valence-corrected chi connectivity index (χ2v) is 3.29. The van der Waals surface area contributed by atoms with E-state index in [1.165, 1.54) is 11.3 Å². The van der Waals surface area contributed by atoms with Crippen molar-refractivity contribution in [2.75, 3.05) is 0 Å². The van der Waals surface area contributed by atoms with E-state index in [0.29, 0.717) is 10.1 Å². The first-order valence-electron chi connectivity index (χ1n) is 3.39. The van der Waals surface area contributed by atoms with E-state index in [-0.39, 0.29) is 11.3 Å². The van der Waals surface area contributed by atoms with Crippen molar-refractivity contribution in [3.63, 3.8) is 0 Å². The van der Waals surface area contributed by atoms with Gasteiger partial charge in [0.15, 0.2) is 5.69 Å². The number of aromatic carboxylic acids is 1. The fourth-order valence-corrected chi connectivity index (χ4v) is 1.91. The highest BCUT2D eigenvalue weighted by molar-refractivity contribution is 7.17. The van der Waals surface area contributed by atoms with Gasteiger partial charge in [0, 0.05) is 0 Å². The Hall–Kier alpha value is -1.69. The van der Waals surface area contributed by atoms with Gasteiger partial charge in [-0.3, -0.25) is 4.79 Å². The number of aromatic nitrogens is 2. The van der Waals surface area contributed by atoms with Crippen LogP contribution in [0.2, 0.25) is 0 Å². The van der Waals surface area contributed by atoms with Gasteiger partial charge >= 0.3 is 5.97 Å². The number of thiophene rings is 1. The lowest BCUT2D eigenvalue weighted by Crippen LogP contribution is -2.12. The Morgan fingerprint density at radius 3 is 3.08 bits per heavy atom. The average molecular weight is 196 g/mol. The Morgan fingerprint density at radius 1 is 1.62 bits per heavy atom. The quantitative estimate of drug-likeness (QED) is 0.702. The number of aromatic amines is 1. The molecule has 66 valence electrons. The molecule has 0 saturated heterocycles. The van der Waals surface area contributed by atoms with Gasteiger partial charge in [-0.05, 0) is 11.4 Å². The van der Waals surface area contributed by atoms with Gasteiger partial charge in [-0.2, -0.15) is 5.10 Å². The summed E-state index contributed by atoms with van der Waals surface area (Å²) in [5.41, 5.74) is -0.467. The number of carbonyl (C=O) groups is 1. The summed E-state index contributed by atoms with van der Waals surface area (Å²) in [7, 11) is 0. The summed E-state index contributed by atoms with van der Waals surface area (Å²) in [5.74, 6) is -1.14. The minimum atomic E-state index is -1.14. The molecular formula is C7H4N2O3S. The second kappa shape index (κ2) is 2.67. The molecule has 2 N–H and O–H groups in total. The zero-order chi connectivity index (χ0) is 9.42. The summed E-state index contributed by atoms with van der Waals surface area (Å²) in [6.07, 6.45) is 0. The number of carboxylic acid groups (broad SMARTS) is 1. The maximum atomic E-state index is 11.1.